The Bertz CT molecular complexity index is 393. The smallest absolute Gasteiger partial charge is 0.0385 e. The van der Waals surface area contributed by atoms with Gasteiger partial charge in [-0.05, 0) is 36.4 Å². The van der Waals surface area contributed by atoms with Crippen LogP contribution < -0.4 is 11.1 Å². The number of nitrogens with one attached hydrogen (secondary N) is 1. The van der Waals surface area contributed by atoms with Crippen molar-refractivity contribution in [1.29, 1.82) is 0 Å². The average molecular weight is 200 g/mol. The number of hydrogen-bond donors (Lipinski definition) is 2. The van der Waals surface area contributed by atoms with E-state index in [1.54, 1.807) is 0 Å². The summed E-state index contributed by atoms with van der Waals surface area (Å²) in [6, 6.07) is 17.7. The number of anilines is 3. The van der Waals surface area contributed by atoms with E-state index in [9.17, 15) is 0 Å². The highest BCUT2D eigenvalue weighted by Crippen LogP contribution is 2.16. The highest BCUT2D eigenvalue weighted by atomic mass is 14.9. The van der Waals surface area contributed by atoms with Gasteiger partial charge in [0.1, 0.15) is 0 Å². The van der Waals surface area contributed by atoms with Crippen molar-refractivity contribution in [1.82, 2.24) is 0 Å². The number of para-hydroxylation sites is 1. The van der Waals surface area contributed by atoms with Gasteiger partial charge in [-0.25, -0.2) is 0 Å². The topological polar surface area (TPSA) is 38.0 Å². The van der Waals surface area contributed by atoms with Gasteiger partial charge >= 0.3 is 0 Å². The molecule has 0 aliphatic carbocycles. The molecule has 0 aliphatic heterocycles. The van der Waals surface area contributed by atoms with Crippen molar-refractivity contribution in [3.05, 3.63) is 54.6 Å². The van der Waals surface area contributed by atoms with Gasteiger partial charge in [0, 0.05) is 17.1 Å². The van der Waals surface area contributed by atoms with Crippen molar-refractivity contribution in [3.63, 3.8) is 0 Å². The second-order valence-corrected chi connectivity index (χ2v) is 3.11. The zero-order valence-electron chi connectivity index (χ0n) is 7.77. The third-order valence-electron chi connectivity index (χ3n) is 1.97. The minimum Gasteiger partial charge on any atom is -0.399 e. The summed E-state index contributed by atoms with van der Waals surface area (Å²) in [6.07, 6.45) is 0. The van der Waals surface area contributed by atoms with Crippen LogP contribution in [0.4, 0.5) is 17.1 Å². The maximum atomic E-state index is 5.59. The van der Waals surface area contributed by atoms with Gasteiger partial charge in [0.2, 0.25) is 0 Å². The summed E-state index contributed by atoms with van der Waals surface area (Å²) < 4.78 is 0. The van der Waals surface area contributed by atoms with Crippen LogP contribution in [-0.2, 0) is 0 Å². The summed E-state index contributed by atoms with van der Waals surface area (Å²) in [5.74, 6) is 0. The second-order valence-electron chi connectivity index (χ2n) is 3.11. The first-order valence-electron chi connectivity index (χ1n) is 4.52. The fourth-order valence-corrected chi connectivity index (χ4v) is 1.25. The number of benzene rings is 2. The van der Waals surface area contributed by atoms with Crippen LogP contribution in [-0.4, -0.2) is 0 Å². The molecule has 2 aromatic carbocycles. The molecular formula is C13H16N2. The summed E-state index contributed by atoms with van der Waals surface area (Å²) >= 11 is 0. The summed E-state index contributed by atoms with van der Waals surface area (Å²) in [7, 11) is 0. The molecule has 0 atom stereocenters. The molecule has 2 aromatic rings. The van der Waals surface area contributed by atoms with E-state index in [1.807, 2.05) is 54.6 Å². The molecule has 0 spiro atoms. The fourth-order valence-electron chi connectivity index (χ4n) is 1.25. The molecule has 0 saturated carbocycles. The Morgan fingerprint density at radius 1 is 0.733 bits per heavy atom. The van der Waals surface area contributed by atoms with Crippen molar-refractivity contribution in [2.24, 2.45) is 0 Å². The van der Waals surface area contributed by atoms with Gasteiger partial charge in [0.05, 0.1) is 0 Å². The minimum absolute atomic E-state index is 0. The van der Waals surface area contributed by atoms with Crippen LogP contribution in [0.3, 0.4) is 0 Å². The van der Waals surface area contributed by atoms with E-state index in [-0.39, 0.29) is 7.43 Å². The van der Waals surface area contributed by atoms with Gasteiger partial charge in [0.25, 0.3) is 0 Å². The van der Waals surface area contributed by atoms with Gasteiger partial charge in [-0.2, -0.15) is 0 Å². The minimum atomic E-state index is 0. The Hall–Kier alpha value is -1.96. The number of rotatable bonds is 2. The Morgan fingerprint density at radius 2 is 1.27 bits per heavy atom. The van der Waals surface area contributed by atoms with E-state index in [0.29, 0.717) is 0 Å². The van der Waals surface area contributed by atoms with Crippen LogP contribution in [0, 0.1) is 0 Å². The lowest BCUT2D eigenvalue weighted by Crippen LogP contribution is -1.90. The second kappa shape index (κ2) is 5.05. The molecule has 0 heterocycles. The molecule has 0 aromatic heterocycles. The van der Waals surface area contributed by atoms with Gasteiger partial charge in [-0.15, -0.1) is 0 Å². The average Bonchev–Trinajstić information content (AvgIpc) is 2.23. The molecule has 3 N–H and O–H groups in total. The lowest BCUT2D eigenvalue weighted by Gasteiger charge is -2.05. The number of hydrogen-bond acceptors (Lipinski definition) is 2. The van der Waals surface area contributed by atoms with Gasteiger partial charge < -0.3 is 11.1 Å². The van der Waals surface area contributed by atoms with Crippen LogP contribution in [0.15, 0.2) is 54.6 Å². The zero-order chi connectivity index (χ0) is 9.80. The largest absolute Gasteiger partial charge is 0.399 e. The molecule has 0 bridgehead atoms. The van der Waals surface area contributed by atoms with Crippen molar-refractivity contribution in [2.45, 2.75) is 7.43 Å². The molecule has 0 unspecified atom stereocenters. The van der Waals surface area contributed by atoms with Crippen LogP contribution in [0.5, 0.6) is 0 Å². The maximum Gasteiger partial charge on any atom is 0.0385 e. The predicted molar refractivity (Wildman–Crippen MR) is 67.3 cm³/mol. The summed E-state index contributed by atoms with van der Waals surface area (Å²) in [4.78, 5) is 0. The SMILES string of the molecule is C.Nc1ccc(Nc2ccccc2)cc1. The first-order valence-corrected chi connectivity index (χ1v) is 4.52. The Kier molecular flexibility index (Phi) is 3.75. The molecule has 0 aliphatic rings. The van der Waals surface area contributed by atoms with E-state index in [2.05, 4.69) is 5.32 Å². The standard InChI is InChI=1S/C12H12N2.CH4/c13-10-6-8-12(9-7-10)14-11-4-2-1-3-5-11;/h1-9,14H,13H2;1H4. The van der Waals surface area contributed by atoms with E-state index >= 15 is 0 Å². The highest BCUT2D eigenvalue weighted by molar-refractivity contribution is 5.61. The lowest BCUT2D eigenvalue weighted by molar-refractivity contribution is 1.55. The molecule has 15 heavy (non-hydrogen) atoms. The summed E-state index contributed by atoms with van der Waals surface area (Å²) in [5, 5.41) is 3.28. The van der Waals surface area contributed by atoms with Crippen LogP contribution >= 0.6 is 0 Å². The summed E-state index contributed by atoms with van der Waals surface area (Å²) in [5.41, 5.74) is 8.50. The monoisotopic (exact) mass is 200 g/mol. The molecule has 2 rings (SSSR count). The molecule has 0 fully saturated rings. The van der Waals surface area contributed by atoms with E-state index < -0.39 is 0 Å². The Balaban J connectivity index is 0.00000112. The van der Waals surface area contributed by atoms with Crippen LogP contribution in [0.25, 0.3) is 0 Å². The van der Waals surface area contributed by atoms with Gasteiger partial charge in [-0.1, -0.05) is 25.6 Å². The van der Waals surface area contributed by atoms with Crippen LogP contribution in [0.1, 0.15) is 7.43 Å². The first-order chi connectivity index (χ1) is 6.84. The quantitative estimate of drug-likeness (QED) is 0.726. The predicted octanol–water partition coefficient (Wildman–Crippen LogP) is 3.65. The van der Waals surface area contributed by atoms with Crippen molar-refractivity contribution >= 4 is 17.1 Å². The normalized spacial score (nSPS) is 9.07. The molecule has 2 nitrogen and oxygen atoms in total. The van der Waals surface area contributed by atoms with E-state index in [0.717, 1.165) is 17.1 Å². The third kappa shape index (κ3) is 3.02. The molecule has 2 heteroatoms. The van der Waals surface area contributed by atoms with E-state index in [4.69, 9.17) is 5.73 Å². The Labute approximate surface area is 90.7 Å². The molecule has 0 radical (unpaired) electrons. The maximum absolute atomic E-state index is 5.59. The zero-order valence-corrected chi connectivity index (χ0v) is 7.77. The van der Waals surface area contributed by atoms with Crippen molar-refractivity contribution < 1.29 is 0 Å². The lowest BCUT2D eigenvalue weighted by atomic mass is 10.2. The molecule has 0 amide bonds. The van der Waals surface area contributed by atoms with Crippen molar-refractivity contribution in [2.75, 3.05) is 11.1 Å². The fraction of sp³-hybridized carbons (Fsp3) is 0.0769. The highest BCUT2D eigenvalue weighted by Gasteiger charge is 1.92. The van der Waals surface area contributed by atoms with Gasteiger partial charge in [-0.3, -0.25) is 0 Å². The first kappa shape index (κ1) is 11.1. The summed E-state index contributed by atoms with van der Waals surface area (Å²) in [6.45, 7) is 0. The van der Waals surface area contributed by atoms with Crippen LogP contribution in [0.2, 0.25) is 0 Å². The van der Waals surface area contributed by atoms with Gasteiger partial charge in [0.15, 0.2) is 0 Å². The van der Waals surface area contributed by atoms with E-state index in [1.165, 1.54) is 0 Å². The Morgan fingerprint density at radius 3 is 1.87 bits per heavy atom. The number of nitrogens with two attached hydrogens (primary N) is 1. The van der Waals surface area contributed by atoms with Crippen molar-refractivity contribution in [3.8, 4) is 0 Å². The molecule has 78 valence electrons. The molecular weight excluding hydrogens is 184 g/mol. The third-order valence-corrected chi connectivity index (χ3v) is 1.97. The molecule has 0 saturated heterocycles. The number of nitrogen functional groups attached to an aromatic ring is 1.